The zero-order valence-corrected chi connectivity index (χ0v) is 19.5. The predicted octanol–water partition coefficient (Wildman–Crippen LogP) is 4.18. The molecule has 0 amide bonds. The Bertz CT molecular complexity index is 943. The number of ether oxygens (including phenoxy) is 2. The number of methoxy groups -OCH3 is 1. The average molecular weight is 449 g/mol. The molecular formula is C24H32O6S. The van der Waals surface area contributed by atoms with Crippen LogP contribution < -0.4 is 0 Å². The fourth-order valence-electron chi connectivity index (χ4n) is 3.70. The average Bonchev–Trinajstić information content (AvgIpc) is 2.91. The zero-order valence-electron chi connectivity index (χ0n) is 18.7. The number of benzene rings is 1. The molecule has 1 unspecified atom stereocenters. The minimum Gasteiger partial charge on any atom is -0.469 e. The van der Waals surface area contributed by atoms with Crippen LogP contribution in [0.2, 0.25) is 0 Å². The van der Waals surface area contributed by atoms with Crippen LogP contribution in [0.25, 0.3) is 0 Å². The Morgan fingerprint density at radius 3 is 2.42 bits per heavy atom. The Kier molecular flexibility index (Phi) is 8.62. The van der Waals surface area contributed by atoms with Gasteiger partial charge in [0.1, 0.15) is 6.61 Å². The third-order valence-corrected chi connectivity index (χ3v) is 7.49. The molecule has 3 atom stereocenters. The van der Waals surface area contributed by atoms with Crippen molar-refractivity contribution in [3.63, 3.8) is 0 Å². The molecule has 1 aromatic rings. The fourth-order valence-corrected chi connectivity index (χ4v) is 5.37. The van der Waals surface area contributed by atoms with Crippen LogP contribution in [-0.2, 0) is 28.9 Å². The number of sulfone groups is 1. The van der Waals surface area contributed by atoms with Gasteiger partial charge >= 0.3 is 11.9 Å². The Balaban J connectivity index is 2.19. The Hall–Kier alpha value is -2.41. The van der Waals surface area contributed by atoms with E-state index >= 15 is 0 Å². The van der Waals surface area contributed by atoms with Crippen molar-refractivity contribution in [2.75, 3.05) is 13.7 Å². The smallest absolute Gasteiger partial charge is 0.325 e. The van der Waals surface area contributed by atoms with E-state index in [0.717, 1.165) is 17.6 Å². The van der Waals surface area contributed by atoms with E-state index < -0.39 is 21.1 Å². The van der Waals surface area contributed by atoms with Crippen LogP contribution in [0, 0.1) is 18.8 Å². The molecule has 0 fully saturated rings. The number of hydrogen-bond acceptors (Lipinski definition) is 6. The summed E-state index contributed by atoms with van der Waals surface area (Å²) in [7, 11) is -2.58. The van der Waals surface area contributed by atoms with E-state index in [4.69, 9.17) is 9.47 Å². The minimum atomic E-state index is -3.94. The highest BCUT2D eigenvalue weighted by Gasteiger charge is 2.36. The third-order valence-electron chi connectivity index (χ3n) is 5.45. The molecule has 7 heteroatoms. The molecule has 2 rings (SSSR count). The molecule has 0 saturated carbocycles. The summed E-state index contributed by atoms with van der Waals surface area (Å²) in [6.07, 6.45) is 3.94. The van der Waals surface area contributed by atoms with E-state index in [2.05, 4.69) is 6.58 Å². The first kappa shape index (κ1) is 24.9. The van der Waals surface area contributed by atoms with E-state index in [9.17, 15) is 18.0 Å². The lowest BCUT2D eigenvalue weighted by atomic mass is 9.97. The van der Waals surface area contributed by atoms with Crippen molar-refractivity contribution in [2.24, 2.45) is 11.8 Å². The Morgan fingerprint density at radius 2 is 1.84 bits per heavy atom. The molecule has 0 radical (unpaired) electrons. The van der Waals surface area contributed by atoms with E-state index in [-0.39, 0.29) is 35.7 Å². The number of carbonyl (C=O) groups excluding carboxylic acids is 2. The SMILES string of the molecule is C=C(C)CC(C(=O)OCC1=C[C@H](C)CC[C@@H](C(=O)OC)C1)S(=O)(=O)c1ccc(C)cc1. The standard InChI is InChI=1S/C24H32O6S/c1-16(2)12-22(31(27,28)21-10-7-17(3)8-11-21)24(26)30-15-19-13-18(4)6-9-20(14-19)23(25)29-5/h7-8,10-11,13,18,20,22H,1,6,9,12,14-15H2,2-5H3/t18-,20-,22?/m1/s1. The first-order chi connectivity index (χ1) is 14.5. The van der Waals surface area contributed by atoms with E-state index in [0.29, 0.717) is 18.4 Å². The molecule has 0 spiro atoms. The fraction of sp³-hybridized carbons (Fsp3) is 0.500. The topological polar surface area (TPSA) is 86.7 Å². The lowest BCUT2D eigenvalue weighted by Gasteiger charge is -2.19. The van der Waals surface area contributed by atoms with Crippen LogP contribution in [0.1, 0.15) is 45.1 Å². The third kappa shape index (κ3) is 6.79. The van der Waals surface area contributed by atoms with Gasteiger partial charge in [0.25, 0.3) is 0 Å². The highest BCUT2D eigenvalue weighted by Crippen LogP contribution is 2.28. The van der Waals surface area contributed by atoms with Gasteiger partial charge in [0.05, 0.1) is 17.9 Å². The van der Waals surface area contributed by atoms with Crippen LogP contribution >= 0.6 is 0 Å². The quantitative estimate of drug-likeness (QED) is 0.438. The molecule has 6 nitrogen and oxygen atoms in total. The van der Waals surface area contributed by atoms with E-state index in [1.807, 2.05) is 19.9 Å². The molecule has 1 aliphatic rings. The first-order valence-corrected chi connectivity index (χ1v) is 12.0. The van der Waals surface area contributed by atoms with Crippen LogP contribution in [-0.4, -0.2) is 39.3 Å². The van der Waals surface area contributed by atoms with Crippen LogP contribution in [0.15, 0.2) is 53.0 Å². The lowest BCUT2D eigenvalue weighted by molar-refractivity contribution is -0.145. The summed E-state index contributed by atoms with van der Waals surface area (Å²) in [5, 5.41) is -1.37. The number of esters is 2. The van der Waals surface area contributed by atoms with Gasteiger partial charge in [0.2, 0.25) is 0 Å². The second kappa shape index (κ2) is 10.8. The summed E-state index contributed by atoms with van der Waals surface area (Å²) >= 11 is 0. The monoisotopic (exact) mass is 448 g/mol. The molecule has 0 bridgehead atoms. The Morgan fingerprint density at radius 1 is 1.19 bits per heavy atom. The number of hydrogen-bond donors (Lipinski definition) is 0. The van der Waals surface area contributed by atoms with Crippen molar-refractivity contribution in [3.8, 4) is 0 Å². The molecule has 0 aromatic heterocycles. The highest BCUT2D eigenvalue weighted by atomic mass is 32.2. The second-order valence-corrected chi connectivity index (χ2v) is 10.5. The summed E-state index contributed by atoms with van der Waals surface area (Å²) in [6, 6.07) is 6.39. The number of carbonyl (C=O) groups is 2. The summed E-state index contributed by atoms with van der Waals surface area (Å²) in [6.45, 7) is 9.30. The first-order valence-electron chi connectivity index (χ1n) is 10.4. The summed E-state index contributed by atoms with van der Waals surface area (Å²) < 4.78 is 36.6. The molecule has 0 heterocycles. The number of aryl methyl sites for hydroxylation is 1. The lowest BCUT2D eigenvalue weighted by Crippen LogP contribution is -2.33. The highest BCUT2D eigenvalue weighted by molar-refractivity contribution is 7.92. The maximum Gasteiger partial charge on any atom is 0.325 e. The molecule has 0 saturated heterocycles. The van der Waals surface area contributed by atoms with Crippen molar-refractivity contribution < 1.29 is 27.5 Å². The number of allylic oxidation sites excluding steroid dienone is 2. The van der Waals surface area contributed by atoms with E-state index in [1.54, 1.807) is 19.1 Å². The van der Waals surface area contributed by atoms with Crippen LogP contribution in [0.3, 0.4) is 0 Å². The molecule has 0 aliphatic heterocycles. The van der Waals surface area contributed by atoms with Crippen LogP contribution in [0.4, 0.5) is 0 Å². The van der Waals surface area contributed by atoms with Crippen molar-refractivity contribution >= 4 is 21.8 Å². The van der Waals surface area contributed by atoms with Gasteiger partial charge in [-0.05, 0) is 63.2 Å². The largest absolute Gasteiger partial charge is 0.469 e. The van der Waals surface area contributed by atoms with Gasteiger partial charge < -0.3 is 9.47 Å². The maximum absolute atomic E-state index is 13.1. The number of rotatable bonds is 8. The van der Waals surface area contributed by atoms with Crippen LogP contribution in [0.5, 0.6) is 0 Å². The van der Waals surface area contributed by atoms with E-state index in [1.165, 1.54) is 19.2 Å². The van der Waals surface area contributed by atoms with Crippen molar-refractivity contribution in [1.82, 2.24) is 0 Å². The van der Waals surface area contributed by atoms with Gasteiger partial charge in [0.15, 0.2) is 15.1 Å². The molecule has 0 N–H and O–H groups in total. The van der Waals surface area contributed by atoms with Gasteiger partial charge in [-0.2, -0.15) is 0 Å². The van der Waals surface area contributed by atoms with Gasteiger partial charge in [-0.1, -0.05) is 36.3 Å². The van der Waals surface area contributed by atoms with Crippen molar-refractivity contribution in [1.29, 1.82) is 0 Å². The van der Waals surface area contributed by atoms with Gasteiger partial charge in [-0.3, -0.25) is 9.59 Å². The minimum absolute atomic E-state index is 0.0186. The normalized spacial score (nSPS) is 20.2. The van der Waals surface area contributed by atoms with Crippen molar-refractivity contribution in [2.45, 2.75) is 56.6 Å². The maximum atomic E-state index is 13.1. The molecular weight excluding hydrogens is 416 g/mol. The summed E-state index contributed by atoms with van der Waals surface area (Å²) in [4.78, 5) is 25.0. The van der Waals surface area contributed by atoms with Gasteiger partial charge in [0, 0.05) is 0 Å². The second-order valence-electron chi connectivity index (χ2n) is 8.42. The molecule has 1 aliphatic carbocycles. The predicted molar refractivity (Wildman–Crippen MR) is 119 cm³/mol. The van der Waals surface area contributed by atoms with Crippen molar-refractivity contribution in [3.05, 3.63) is 53.6 Å². The zero-order chi connectivity index (χ0) is 23.2. The summed E-state index contributed by atoms with van der Waals surface area (Å²) in [5.41, 5.74) is 2.30. The molecule has 1 aromatic carbocycles. The van der Waals surface area contributed by atoms with Gasteiger partial charge in [-0.25, -0.2) is 8.42 Å². The Labute approximate surface area is 185 Å². The molecule has 170 valence electrons. The summed E-state index contributed by atoms with van der Waals surface area (Å²) in [5.74, 6) is -1.15. The molecule has 31 heavy (non-hydrogen) atoms. The van der Waals surface area contributed by atoms with Gasteiger partial charge in [-0.15, -0.1) is 6.58 Å².